The third-order valence-corrected chi connectivity index (χ3v) is 9.77. The van der Waals surface area contributed by atoms with Gasteiger partial charge in [0.25, 0.3) is 0 Å². The minimum absolute atomic E-state index is 0.188. The van der Waals surface area contributed by atoms with Gasteiger partial charge in [0, 0.05) is 6.42 Å². The van der Waals surface area contributed by atoms with Crippen molar-refractivity contribution in [1.29, 1.82) is 0 Å². The lowest BCUT2D eigenvalue weighted by atomic mass is 9.99. The molecule has 1 rings (SSSR count). The second-order valence-corrected chi connectivity index (χ2v) is 14.4. The summed E-state index contributed by atoms with van der Waals surface area (Å²) >= 11 is 0. The maximum absolute atomic E-state index is 12.9. The van der Waals surface area contributed by atoms with Crippen LogP contribution in [0.25, 0.3) is 0 Å². The minimum atomic E-state index is -1.56. The number of nitrogens with one attached hydrogen (secondary N) is 1. The van der Waals surface area contributed by atoms with Crippen molar-refractivity contribution in [2.45, 2.75) is 217 Å². The average Bonchev–Trinajstić information content (AvgIpc) is 3.11. The maximum Gasteiger partial charge on any atom is 0.220 e. The van der Waals surface area contributed by atoms with E-state index < -0.39 is 49.5 Å². The number of hydrogen-bond acceptors (Lipinski definition) is 8. The summed E-state index contributed by atoms with van der Waals surface area (Å²) in [7, 11) is 0. The standard InChI is InChI=1S/C41H77NO8/c1-3-5-7-9-11-13-15-17-19-21-23-25-27-29-31-37(45)42-34(33-49-41-40(48)39(47)38(46)36(32-43)50-41)35(44)30-28-26-24-22-20-18-16-14-12-10-8-6-4-2/h15,17,28,30,34-36,38-41,43-44,46-48H,3-14,16,18-27,29,31-33H2,1-2H3,(H,42,45)/b17-15-,30-28+. The predicted molar refractivity (Wildman–Crippen MR) is 203 cm³/mol. The molecule has 0 saturated carbocycles. The van der Waals surface area contributed by atoms with Crippen LogP contribution in [-0.2, 0) is 14.3 Å². The van der Waals surface area contributed by atoms with E-state index in [0.29, 0.717) is 6.42 Å². The third kappa shape index (κ3) is 23.3. The van der Waals surface area contributed by atoms with Crippen LogP contribution in [0.15, 0.2) is 24.3 Å². The van der Waals surface area contributed by atoms with Crippen LogP contribution >= 0.6 is 0 Å². The zero-order chi connectivity index (χ0) is 36.7. The van der Waals surface area contributed by atoms with Crippen LogP contribution in [0, 0.1) is 0 Å². The summed E-state index contributed by atoms with van der Waals surface area (Å²) in [4.78, 5) is 12.9. The van der Waals surface area contributed by atoms with E-state index in [0.717, 1.165) is 57.8 Å². The SMILES string of the molecule is CCCCCCC/C=C\CCCCCCCC(=O)NC(COC1OC(CO)C(O)C(O)C1O)C(O)/C=C/CCCCCCCCCCCCC. The first-order chi connectivity index (χ1) is 24.3. The van der Waals surface area contributed by atoms with Crippen molar-refractivity contribution < 1.29 is 39.8 Å². The van der Waals surface area contributed by atoms with Crippen molar-refractivity contribution in [3.63, 3.8) is 0 Å². The summed E-state index contributed by atoms with van der Waals surface area (Å²) in [5.41, 5.74) is 0. The molecule has 1 fully saturated rings. The fourth-order valence-corrected chi connectivity index (χ4v) is 6.38. The van der Waals surface area contributed by atoms with Crippen LogP contribution in [0.2, 0.25) is 0 Å². The number of rotatable bonds is 33. The van der Waals surface area contributed by atoms with Gasteiger partial charge in [-0.25, -0.2) is 0 Å². The van der Waals surface area contributed by atoms with Crippen molar-refractivity contribution in [2.75, 3.05) is 13.2 Å². The first-order valence-electron chi connectivity index (χ1n) is 20.6. The molecule has 7 unspecified atom stereocenters. The van der Waals surface area contributed by atoms with Gasteiger partial charge < -0.3 is 40.3 Å². The van der Waals surface area contributed by atoms with Crippen molar-refractivity contribution in [2.24, 2.45) is 0 Å². The number of hydrogen-bond donors (Lipinski definition) is 6. The van der Waals surface area contributed by atoms with E-state index in [1.165, 1.54) is 96.3 Å². The molecular formula is C41H77NO8. The molecule has 1 saturated heterocycles. The Hall–Kier alpha value is -1.33. The molecule has 0 aromatic rings. The zero-order valence-corrected chi connectivity index (χ0v) is 31.9. The number of amides is 1. The molecule has 9 heteroatoms. The van der Waals surface area contributed by atoms with E-state index in [9.17, 15) is 30.3 Å². The first-order valence-corrected chi connectivity index (χ1v) is 20.6. The molecule has 0 bridgehead atoms. The number of carbonyl (C=O) groups is 1. The normalized spacial score (nSPS) is 22.4. The topological polar surface area (TPSA) is 149 Å². The monoisotopic (exact) mass is 712 g/mol. The van der Waals surface area contributed by atoms with Gasteiger partial charge in [0.2, 0.25) is 5.91 Å². The molecule has 0 aliphatic carbocycles. The van der Waals surface area contributed by atoms with Gasteiger partial charge in [-0.1, -0.05) is 147 Å². The molecule has 0 aromatic heterocycles. The van der Waals surface area contributed by atoms with Gasteiger partial charge in [-0.05, 0) is 44.9 Å². The summed E-state index contributed by atoms with van der Waals surface area (Å²) in [5.74, 6) is -0.188. The summed E-state index contributed by atoms with van der Waals surface area (Å²) in [6, 6.07) is -0.804. The van der Waals surface area contributed by atoms with E-state index >= 15 is 0 Å². The van der Waals surface area contributed by atoms with Gasteiger partial charge in [-0.2, -0.15) is 0 Å². The Balaban J connectivity index is 2.44. The smallest absolute Gasteiger partial charge is 0.220 e. The van der Waals surface area contributed by atoms with Crippen molar-refractivity contribution in [3.05, 3.63) is 24.3 Å². The Bertz CT molecular complexity index is 837. The molecule has 7 atom stereocenters. The van der Waals surface area contributed by atoms with E-state index in [1.807, 2.05) is 6.08 Å². The first kappa shape index (κ1) is 46.7. The highest BCUT2D eigenvalue weighted by molar-refractivity contribution is 5.76. The Morgan fingerprint density at radius 3 is 1.62 bits per heavy atom. The zero-order valence-electron chi connectivity index (χ0n) is 31.9. The van der Waals surface area contributed by atoms with Gasteiger partial charge in [0.05, 0.1) is 25.4 Å². The lowest BCUT2D eigenvalue weighted by Gasteiger charge is -2.40. The molecule has 0 spiro atoms. The largest absolute Gasteiger partial charge is 0.394 e. The number of ether oxygens (including phenoxy) is 2. The van der Waals surface area contributed by atoms with E-state index in [4.69, 9.17) is 9.47 Å². The summed E-state index contributed by atoms with van der Waals surface area (Å²) in [6.45, 7) is 3.73. The highest BCUT2D eigenvalue weighted by atomic mass is 16.7. The fraction of sp³-hybridized carbons (Fsp3) is 0.878. The molecule has 1 aliphatic heterocycles. The maximum atomic E-state index is 12.9. The van der Waals surface area contributed by atoms with Gasteiger partial charge in [-0.3, -0.25) is 4.79 Å². The van der Waals surface area contributed by atoms with Crippen LogP contribution in [-0.4, -0.2) is 87.5 Å². The Labute approximate surface area is 305 Å². The van der Waals surface area contributed by atoms with E-state index in [1.54, 1.807) is 6.08 Å². The van der Waals surface area contributed by atoms with Crippen molar-refractivity contribution in [3.8, 4) is 0 Å². The van der Waals surface area contributed by atoms with Crippen LogP contribution < -0.4 is 5.32 Å². The second-order valence-electron chi connectivity index (χ2n) is 14.4. The summed E-state index contributed by atoms with van der Waals surface area (Å²) in [6.07, 6.45) is 29.3. The molecular weight excluding hydrogens is 634 g/mol. The van der Waals surface area contributed by atoms with Crippen LogP contribution in [0.3, 0.4) is 0 Å². The van der Waals surface area contributed by atoms with Gasteiger partial charge >= 0.3 is 0 Å². The van der Waals surface area contributed by atoms with Crippen LogP contribution in [0.5, 0.6) is 0 Å². The van der Waals surface area contributed by atoms with E-state index in [2.05, 4.69) is 31.3 Å². The third-order valence-electron chi connectivity index (χ3n) is 9.77. The molecule has 1 aliphatic rings. The molecule has 1 amide bonds. The van der Waals surface area contributed by atoms with Crippen LogP contribution in [0.4, 0.5) is 0 Å². The van der Waals surface area contributed by atoms with Gasteiger partial charge in [0.1, 0.15) is 24.4 Å². The Morgan fingerprint density at radius 2 is 1.12 bits per heavy atom. The number of allylic oxidation sites excluding steroid dienone is 3. The highest BCUT2D eigenvalue weighted by Crippen LogP contribution is 2.22. The van der Waals surface area contributed by atoms with Gasteiger partial charge in [0.15, 0.2) is 6.29 Å². The van der Waals surface area contributed by atoms with Crippen molar-refractivity contribution in [1.82, 2.24) is 5.32 Å². The number of aliphatic hydroxyl groups is 5. The minimum Gasteiger partial charge on any atom is -0.394 e. The number of carbonyl (C=O) groups excluding carboxylic acids is 1. The molecule has 1 heterocycles. The molecule has 50 heavy (non-hydrogen) atoms. The van der Waals surface area contributed by atoms with Crippen molar-refractivity contribution >= 4 is 5.91 Å². The predicted octanol–water partition coefficient (Wildman–Crippen LogP) is 7.55. The molecule has 6 N–H and O–H groups in total. The summed E-state index contributed by atoms with van der Waals surface area (Å²) < 4.78 is 11.2. The Kier molecular flexibility index (Phi) is 30.2. The van der Waals surface area contributed by atoms with E-state index in [-0.39, 0.29) is 12.5 Å². The molecule has 0 aromatic carbocycles. The molecule has 0 radical (unpaired) electrons. The molecule has 9 nitrogen and oxygen atoms in total. The average molecular weight is 712 g/mol. The quantitative estimate of drug-likeness (QED) is 0.0302. The second kappa shape index (κ2) is 32.3. The van der Waals surface area contributed by atoms with Gasteiger partial charge in [-0.15, -0.1) is 0 Å². The highest BCUT2D eigenvalue weighted by Gasteiger charge is 2.44. The summed E-state index contributed by atoms with van der Waals surface area (Å²) in [5, 5.41) is 54.0. The Morgan fingerprint density at radius 1 is 0.660 bits per heavy atom. The van der Waals surface area contributed by atoms with Crippen LogP contribution in [0.1, 0.15) is 174 Å². The lowest BCUT2D eigenvalue weighted by Crippen LogP contribution is -2.60. The lowest BCUT2D eigenvalue weighted by molar-refractivity contribution is -0.302. The fourth-order valence-electron chi connectivity index (χ4n) is 6.38. The molecule has 294 valence electrons. The number of aliphatic hydroxyl groups excluding tert-OH is 5. The number of unbranched alkanes of at least 4 members (excludes halogenated alkanes) is 21.